The van der Waals surface area contributed by atoms with Gasteiger partial charge in [-0.25, -0.2) is 9.97 Å². The number of likely N-dealkylation sites (tertiary alicyclic amines) is 1. The van der Waals surface area contributed by atoms with E-state index in [0.29, 0.717) is 18.4 Å². The molecule has 6 nitrogen and oxygen atoms in total. The van der Waals surface area contributed by atoms with Crippen LogP contribution in [0.2, 0.25) is 0 Å². The summed E-state index contributed by atoms with van der Waals surface area (Å²) in [5, 5.41) is 3.44. The Kier molecular flexibility index (Phi) is 5.34. The number of benzene rings is 1. The van der Waals surface area contributed by atoms with E-state index in [0.717, 1.165) is 50.9 Å². The van der Waals surface area contributed by atoms with Gasteiger partial charge in [0.05, 0.1) is 12.0 Å². The highest BCUT2D eigenvalue weighted by atomic mass is 16.5. The number of hydrogen-bond donors (Lipinski definition) is 1. The number of carbonyl (C=O) groups is 1. The molecule has 1 atom stereocenters. The molecule has 1 aromatic heterocycles. The normalized spacial score (nSPS) is 21.8. The van der Waals surface area contributed by atoms with E-state index >= 15 is 0 Å². The van der Waals surface area contributed by atoms with E-state index in [-0.39, 0.29) is 11.5 Å². The molecule has 2 fully saturated rings. The zero-order chi connectivity index (χ0) is 18.5. The Labute approximate surface area is 160 Å². The van der Waals surface area contributed by atoms with Gasteiger partial charge in [-0.1, -0.05) is 30.3 Å². The summed E-state index contributed by atoms with van der Waals surface area (Å²) >= 11 is 0. The first-order valence-electron chi connectivity index (χ1n) is 9.72. The molecule has 1 aromatic carbocycles. The summed E-state index contributed by atoms with van der Waals surface area (Å²) in [6.07, 6.45) is 7.65. The van der Waals surface area contributed by atoms with Gasteiger partial charge in [0, 0.05) is 38.1 Å². The number of ether oxygens (including phenoxy) is 1. The largest absolute Gasteiger partial charge is 0.375 e. The molecule has 0 radical (unpaired) electrons. The van der Waals surface area contributed by atoms with Gasteiger partial charge < -0.3 is 15.0 Å². The van der Waals surface area contributed by atoms with Crippen LogP contribution in [0.1, 0.15) is 31.2 Å². The second kappa shape index (κ2) is 8.05. The fraction of sp³-hybridized carbons (Fsp3) is 0.476. The van der Waals surface area contributed by atoms with Gasteiger partial charge in [-0.2, -0.15) is 0 Å². The molecule has 27 heavy (non-hydrogen) atoms. The number of rotatable bonds is 4. The standard InChI is InChI=1S/C21H26N4O2/c26-19(15-17-5-2-1-3-6-17)25-12-8-21(9-13-25)16-18(7-14-27-21)24-20-22-10-4-11-23-20/h1-6,10-11,18H,7-9,12-16H2,(H,22,23,24). The van der Waals surface area contributed by atoms with Crippen molar-refractivity contribution in [2.75, 3.05) is 25.0 Å². The van der Waals surface area contributed by atoms with Gasteiger partial charge in [0.15, 0.2) is 0 Å². The molecule has 1 N–H and O–H groups in total. The average molecular weight is 366 g/mol. The van der Waals surface area contributed by atoms with Crippen molar-refractivity contribution in [1.82, 2.24) is 14.9 Å². The van der Waals surface area contributed by atoms with Crippen molar-refractivity contribution in [1.29, 1.82) is 0 Å². The Morgan fingerprint density at radius 3 is 2.63 bits per heavy atom. The van der Waals surface area contributed by atoms with Gasteiger partial charge in [0.25, 0.3) is 0 Å². The van der Waals surface area contributed by atoms with Crippen molar-refractivity contribution >= 4 is 11.9 Å². The Morgan fingerprint density at radius 1 is 1.15 bits per heavy atom. The van der Waals surface area contributed by atoms with E-state index in [1.54, 1.807) is 12.4 Å². The maximum atomic E-state index is 12.6. The number of hydrogen-bond acceptors (Lipinski definition) is 5. The van der Waals surface area contributed by atoms with Crippen LogP contribution in [-0.4, -0.2) is 52.1 Å². The number of carbonyl (C=O) groups excluding carboxylic acids is 1. The summed E-state index contributed by atoms with van der Waals surface area (Å²) in [6, 6.07) is 12.1. The molecule has 0 bridgehead atoms. The summed E-state index contributed by atoms with van der Waals surface area (Å²) in [4.78, 5) is 23.1. The summed E-state index contributed by atoms with van der Waals surface area (Å²) in [7, 11) is 0. The van der Waals surface area contributed by atoms with Crippen molar-refractivity contribution in [3.05, 3.63) is 54.4 Å². The van der Waals surface area contributed by atoms with Crippen LogP contribution >= 0.6 is 0 Å². The fourth-order valence-electron chi connectivity index (χ4n) is 4.10. The van der Waals surface area contributed by atoms with Gasteiger partial charge in [-0.05, 0) is 37.3 Å². The molecule has 142 valence electrons. The van der Waals surface area contributed by atoms with Gasteiger partial charge in [0.1, 0.15) is 0 Å². The predicted molar refractivity (Wildman–Crippen MR) is 103 cm³/mol. The van der Waals surface area contributed by atoms with E-state index in [2.05, 4.69) is 15.3 Å². The van der Waals surface area contributed by atoms with Crippen molar-refractivity contribution in [2.24, 2.45) is 0 Å². The molecule has 6 heteroatoms. The van der Waals surface area contributed by atoms with Crippen molar-refractivity contribution < 1.29 is 9.53 Å². The minimum Gasteiger partial charge on any atom is -0.375 e. The fourth-order valence-corrected chi connectivity index (χ4v) is 4.10. The second-order valence-electron chi connectivity index (χ2n) is 7.48. The second-order valence-corrected chi connectivity index (χ2v) is 7.48. The third-order valence-corrected chi connectivity index (χ3v) is 5.62. The molecule has 2 aliphatic rings. The lowest BCUT2D eigenvalue weighted by molar-refractivity contribution is -0.142. The van der Waals surface area contributed by atoms with Crippen LogP contribution in [0.4, 0.5) is 5.95 Å². The third kappa shape index (κ3) is 4.45. The Bertz CT molecular complexity index is 745. The lowest BCUT2D eigenvalue weighted by atomic mass is 9.82. The lowest BCUT2D eigenvalue weighted by Crippen LogP contribution is -2.53. The van der Waals surface area contributed by atoms with Gasteiger partial charge >= 0.3 is 0 Å². The predicted octanol–water partition coefficient (Wildman–Crippen LogP) is 2.67. The van der Waals surface area contributed by atoms with Crippen LogP contribution in [0, 0.1) is 0 Å². The van der Waals surface area contributed by atoms with E-state index in [1.807, 2.05) is 41.3 Å². The van der Waals surface area contributed by atoms with Crippen LogP contribution < -0.4 is 5.32 Å². The number of aromatic nitrogens is 2. The lowest BCUT2D eigenvalue weighted by Gasteiger charge is -2.46. The Morgan fingerprint density at radius 2 is 1.89 bits per heavy atom. The number of amides is 1. The van der Waals surface area contributed by atoms with Crippen LogP contribution in [0.3, 0.4) is 0 Å². The zero-order valence-corrected chi connectivity index (χ0v) is 15.5. The van der Waals surface area contributed by atoms with E-state index in [1.165, 1.54) is 0 Å². The average Bonchev–Trinajstić information content (AvgIpc) is 2.70. The van der Waals surface area contributed by atoms with Crippen LogP contribution in [-0.2, 0) is 16.0 Å². The van der Waals surface area contributed by atoms with E-state index in [9.17, 15) is 4.79 Å². The van der Waals surface area contributed by atoms with Crippen LogP contribution in [0.25, 0.3) is 0 Å². The van der Waals surface area contributed by atoms with Crippen molar-refractivity contribution in [3.8, 4) is 0 Å². The maximum absolute atomic E-state index is 12.6. The number of nitrogens with zero attached hydrogens (tertiary/aromatic N) is 3. The molecule has 1 unspecified atom stereocenters. The minimum atomic E-state index is -0.131. The quantitative estimate of drug-likeness (QED) is 0.901. The molecule has 1 amide bonds. The Hall–Kier alpha value is -2.47. The van der Waals surface area contributed by atoms with Crippen LogP contribution in [0.5, 0.6) is 0 Å². The minimum absolute atomic E-state index is 0.131. The first-order chi connectivity index (χ1) is 13.2. The highest BCUT2D eigenvalue weighted by Gasteiger charge is 2.41. The molecule has 3 heterocycles. The van der Waals surface area contributed by atoms with Crippen molar-refractivity contribution in [3.63, 3.8) is 0 Å². The molecule has 1 spiro atoms. The number of nitrogens with one attached hydrogen (secondary N) is 1. The first kappa shape index (κ1) is 17.9. The maximum Gasteiger partial charge on any atom is 0.226 e. The zero-order valence-electron chi connectivity index (χ0n) is 15.5. The molecule has 2 aromatic rings. The molecule has 4 rings (SSSR count). The van der Waals surface area contributed by atoms with E-state index in [4.69, 9.17) is 4.74 Å². The van der Waals surface area contributed by atoms with Crippen LogP contribution in [0.15, 0.2) is 48.8 Å². The summed E-state index contributed by atoms with van der Waals surface area (Å²) < 4.78 is 6.20. The molecular formula is C21H26N4O2. The molecule has 2 saturated heterocycles. The summed E-state index contributed by atoms with van der Waals surface area (Å²) in [5.74, 6) is 0.884. The van der Waals surface area contributed by atoms with Gasteiger partial charge in [0.2, 0.25) is 11.9 Å². The highest BCUT2D eigenvalue weighted by Crippen LogP contribution is 2.36. The first-order valence-corrected chi connectivity index (χ1v) is 9.72. The monoisotopic (exact) mass is 366 g/mol. The molecule has 0 saturated carbocycles. The van der Waals surface area contributed by atoms with Gasteiger partial charge in [-0.3, -0.25) is 4.79 Å². The molecule has 2 aliphatic heterocycles. The smallest absolute Gasteiger partial charge is 0.226 e. The third-order valence-electron chi connectivity index (χ3n) is 5.62. The summed E-state index contributed by atoms with van der Waals surface area (Å²) in [5.41, 5.74) is 0.942. The number of anilines is 1. The van der Waals surface area contributed by atoms with Crippen molar-refractivity contribution in [2.45, 2.75) is 43.7 Å². The molecule has 0 aliphatic carbocycles. The Balaban J connectivity index is 1.31. The summed E-state index contributed by atoms with van der Waals surface area (Å²) in [6.45, 7) is 2.27. The van der Waals surface area contributed by atoms with E-state index < -0.39 is 0 Å². The SMILES string of the molecule is O=C(Cc1ccccc1)N1CCC2(CC1)CC(Nc1ncccn1)CCO2. The molecular weight excluding hydrogens is 340 g/mol. The number of piperidine rings is 1. The highest BCUT2D eigenvalue weighted by molar-refractivity contribution is 5.78. The topological polar surface area (TPSA) is 67.4 Å². The van der Waals surface area contributed by atoms with Gasteiger partial charge in [-0.15, -0.1) is 0 Å².